The summed E-state index contributed by atoms with van der Waals surface area (Å²) in [5, 5.41) is 7.18. The molecule has 1 atom stereocenters. The van der Waals surface area contributed by atoms with Crippen LogP contribution >= 0.6 is 0 Å². The van der Waals surface area contributed by atoms with E-state index < -0.39 is 6.36 Å². The average molecular weight is 297 g/mol. The van der Waals surface area contributed by atoms with Crippen LogP contribution in [0.15, 0.2) is 30.5 Å². The minimum Gasteiger partial charge on any atom is -0.403 e. The molecule has 4 nitrogen and oxygen atoms in total. The van der Waals surface area contributed by atoms with Crippen LogP contribution in [0.2, 0.25) is 0 Å². The lowest BCUT2D eigenvalue weighted by Gasteiger charge is -2.17. The fourth-order valence-corrected chi connectivity index (χ4v) is 2.48. The number of ether oxygens (including phenoxy) is 1. The highest BCUT2D eigenvalue weighted by atomic mass is 19.4. The van der Waals surface area contributed by atoms with Gasteiger partial charge in [-0.2, -0.15) is 0 Å². The smallest absolute Gasteiger partial charge is 0.403 e. The van der Waals surface area contributed by atoms with Gasteiger partial charge in [-0.15, -0.1) is 13.2 Å². The molecule has 3 rings (SSSR count). The summed E-state index contributed by atoms with van der Waals surface area (Å²) in [5.74, 6) is -0.284. The van der Waals surface area contributed by atoms with Crippen LogP contribution in [0.5, 0.6) is 5.75 Å². The molecule has 1 saturated heterocycles. The number of benzene rings is 1. The third kappa shape index (κ3) is 3.18. The maximum atomic E-state index is 12.4. The zero-order valence-electron chi connectivity index (χ0n) is 11.1. The highest BCUT2D eigenvalue weighted by molar-refractivity contribution is 5.95. The number of nitrogens with zero attached hydrogens (tertiary/aromatic N) is 1. The molecule has 1 aromatic carbocycles. The van der Waals surface area contributed by atoms with E-state index in [1.54, 1.807) is 18.2 Å². The minimum absolute atomic E-state index is 0.200. The first-order valence-electron chi connectivity index (χ1n) is 6.64. The zero-order valence-corrected chi connectivity index (χ0v) is 11.1. The lowest BCUT2D eigenvalue weighted by molar-refractivity contribution is -0.274. The fraction of sp³-hybridized carbons (Fsp3) is 0.357. The van der Waals surface area contributed by atoms with E-state index in [2.05, 4.69) is 20.4 Å². The first-order chi connectivity index (χ1) is 10.0. The molecular weight excluding hydrogens is 283 g/mol. The van der Waals surface area contributed by atoms with Crippen LogP contribution in [-0.4, -0.2) is 30.5 Å². The van der Waals surface area contributed by atoms with Crippen LogP contribution in [0, 0.1) is 0 Å². The lowest BCUT2D eigenvalue weighted by Crippen LogP contribution is -2.22. The van der Waals surface area contributed by atoms with Crippen molar-refractivity contribution in [2.24, 2.45) is 0 Å². The van der Waals surface area contributed by atoms with Crippen molar-refractivity contribution in [2.75, 3.05) is 18.4 Å². The predicted molar refractivity (Wildman–Crippen MR) is 73.3 cm³/mol. The summed E-state index contributed by atoms with van der Waals surface area (Å²) in [4.78, 5) is 4.02. The second kappa shape index (κ2) is 5.40. The van der Waals surface area contributed by atoms with Gasteiger partial charge in [0.05, 0.1) is 0 Å². The summed E-state index contributed by atoms with van der Waals surface area (Å²) in [6.07, 6.45) is -2.30. The summed E-state index contributed by atoms with van der Waals surface area (Å²) in [5.41, 5.74) is 0.965. The molecule has 0 spiro atoms. The van der Waals surface area contributed by atoms with E-state index in [1.165, 1.54) is 12.3 Å². The number of nitrogens with one attached hydrogen (secondary N) is 2. The molecule has 0 bridgehead atoms. The van der Waals surface area contributed by atoms with Gasteiger partial charge < -0.3 is 15.4 Å². The molecule has 1 aliphatic rings. The van der Waals surface area contributed by atoms with Gasteiger partial charge >= 0.3 is 6.36 Å². The highest BCUT2D eigenvalue weighted by Gasteiger charge is 2.32. The van der Waals surface area contributed by atoms with Crippen molar-refractivity contribution in [2.45, 2.75) is 18.8 Å². The molecule has 2 N–H and O–H groups in total. The second-order valence-corrected chi connectivity index (χ2v) is 4.89. The quantitative estimate of drug-likeness (QED) is 0.914. The highest BCUT2D eigenvalue weighted by Crippen LogP contribution is 2.33. The van der Waals surface area contributed by atoms with Gasteiger partial charge in [0.2, 0.25) is 0 Å². The molecule has 2 aromatic rings. The predicted octanol–water partition coefficient (Wildman–Crippen LogP) is 2.91. The summed E-state index contributed by atoms with van der Waals surface area (Å²) in [6.45, 7) is 1.77. The van der Waals surface area contributed by atoms with Gasteiger partial charge in [0.1, 0.15) is 5.52 Å². The summed E-state index contributed by atoms with van der Waals surface area (Å²) in [7, 11) is 0. The van der Waals surface area contributed by atoms with Crippen molar-refractivity contribution in [3.8, 4) is 5.75 Å². The first-order valence-corrected chi connectivity index (χ1v) is 6.64. The first kappa shape index (κ1) is 13.9. The van der Waals surface area contributed by atoms with Crippen LogP contribution in [0.1, 0.15) is 6.42 Å². The van der Waals surface area contributed by atoms with Gasteiger partial charge in [0.25, 0.3) is 0 Å². The molecule has 0 aliphatic carbocycles. The number of rotatable bonds is 3. The standard InChI is InChI=1S/C14H14F3N3O/c15-14(16,17)21-12-4-3-11(20-9-5-7-18-8-9)10-2-1-6-19-13(10)12/h1-4,6,9,18,20H,5,7-8H2/t9-/m1/s1. The van der Waals surface area contributed by atoms with E-state index in [9.17, 15) is 13.2 Å². The molecule has 0 amide bonds. The van der Waals surface area contributed by atoms with E-state index in [0.717, 1.165) is 25.2 Å². The maximum absolute atomic E-state index is 12.4. The van der Waals surface area contributed by atoms with Gasteiger partial charge in [0, 0.05) is 29.9 Å². The molecule has 0 unspecified atom stereocenters. The van der Waals surface area contributed by atoms with Crippen molar-refractivity contribution < 1.29 is 17.9 Å². The molecular formula is C14H14F3N3O. The zero-order chi connectivity index (χ0) is 14.9. The number of hydrogen-bond donors (Lipinski definition) is 2. The molecule has 1 aromatic heterocycles. The van der Waals surface area contributed by atoms with Crippen molar-refractivity contribution in [1.82, 2.24) is 10.3 Å². The Balaban J connectivity index is 1.97. The van der Waals surface area contributed by atoms with Gasteiger partial charge in [-0.05, 0) is 37.2 Å². The van der Waals surface area contributed by atoms with Gasteiger partial charge in [-0.25, -0.2) is 0 Å². The van der Waals surface area contributed by atoms with E-state index in [0.29, 0.717) is 5.39 Å². The second-order valence-electron chi connectivity index (χ2n) is 4.89. The van der Waals surface area contributed by atoms with Gasteiger partial charge in [0.15, 0.2) is 5.75 Å². The molecule has 0 saturated carbocycles. The van der Waals surface area contributed by atoms with Gasteiger partial charge in [-0.3, -0.25) is 4.98 Å². The number of halogens is 3. The fourth-order valence-electron chi connectivity index (χ4n) is 2.48. The van der Waals surface area contributed by atoms with Crippen LogP contribution in [0.3, 0.4) is 0 Å². The minimum atomic E-state index is -4.73. The van der Waals surface area contributed by atoms with E-state index in [-0.39, 0.29) is 17.3 Å². The maximum Gasteiger partial charge on any atom is 0.573 e. The van der Waals surface area contributed by atoms with Crippen LogP contribution in [-0.2, 0) is 0 Å². The Morgan fingerprint density at radius 2 is 2.14 bits per heavy atom. The van der Waals surface area contributed by atoms with Crippen LogP contribution in [0.25, 0.3) is 10.9 Å². The number of pyridine rings is 1. The van der Waals surface area contributed by atoms with E-state index >= 15 is 0 Å². The number of fused-ring (bicyclic) bond motifs is 1. The van der Waals surface area contributed by atoms with Crippen molar-refractivity contribution in [3.05, 3.63) is 30.5 Å². The average Bonchev–Trinajstić information content (AvgIpc) is 2.93. The summed E-state index contributed by atoms with van der Waals surface area (Å²) < 4.78 is 41.3. The Bertz CT molecular complexity index is 639. The molecule has 1 fully saturated rings. The number of alkyl halides is 3. The normalized spacial score (nSPS) is 18.9. The Morgan fingerprint density at radius 3 is 2.86 bits per heavy atom. The molecule has 0 radical (unpaired) electrons. The molecule has 112 valence electrons. The Hall–Kier alpha value is -2.02. The van der Waals surface area contributed by atoms with Crippen molar-refractivity contribution >= 4 is 16.6 Å². The largest absolute Gasteiger partial charge is 0.573 e. The van der Waals surface area contributed by atoms with E-state index in [1.807, 2.05) is 0 Å². The van der Waals surface area contributed by atoms with Crippen LogP contribution in [0.4, 0.5) is 18.9 Å². The SMILES string of the molecule is FC(F)(F)Oc1ccc(N[C@@H]2CCNC2)c2cccnc12. The number of hydrogen-bond acceptors (Lipinski definition) is 4. The Labute approximate surface area is 119 Å². The lowest BCUT2D eigenvalue weighted by atomic mass is 10.1. The van der Waals surface area contributed by atoms with E-state index in [4.69, 9.17) is 0 Å². The topological polar surface area (TPSA) is 46.2 Å². The number of aromatic nitrogens is 1. The molecule has 21 heavy (non-hydrogen) atoms. The van der Waals surface area contributed by atoms with Gasteiger partial charge in [-0.1, -0.05) is 0 Å². The molecule has 7 heteroatoms. The molecule has 2 heterocycles. The Kier molecular flexibility index (Phi) is 3.59. The number of anilines is 1. The summed E-state index contributed by atoms with van der Waals surface area (Å²) in [6, 6.07) is 6.59. The Morgan fingerprint density at radius 1 is 1.29 bits per heavy atom. The van der Waals surface area contributed by atoms with Crippen molar-refractivity contribution in [1.29, 1.82) is 0 Å². The third-order valence-electron chi connectivity index (χ3n) is 3.38. The monoisotopic (exact) mass is 297 g/mol. The summed E-state index contributed by atoms with van der Waals surface area (Å²) >= 11 is 0. The third-order valence-corrected chi connectivity index (χ3v) is 3.38. The van der Waals surface area contributed by atoms with Crippen molar-refractivity contribution in [3.63, 3.8) is 0 Å². The van der Waals surface area contributed by atoms with Crippen LogP contribution < -0.4 is 15.4 Å². The molecule has 1 aliphatic heterocycles.